The molecule has 0 heterocycles. The van der Waals surface area contributed by atoms with Gasteiger partial charge in [0.1, 0.15) is 0 Å². The van der Waals surface area contributed by atoms with Gasteiger partial charge in [0.15, 0.2) is 0 Å². The molecular weight excluding hydrogens is 244 g/mol. The van der Waals surface area contributed by atoms with Gasteiger partial charge in [-0.2, -0.15) is 0 Å². The van der Waals surface area contributed by atoms with Crippen LogP contribution in [0.4, 0.5) is 0 Å². The number of hydrogen-bond acceptors (Lipinski definition) is 1. The zero-order valence-electron chi connectivity index (χ0n) is 12.4. The Balaban J connectivity index is 1.99. The Kier molecular flexibility index (Phi) is 5.37. The fraction of sp³-hybridized carbons (Fsp3) is 0.368. The molecule has 0 aliphatic carbocycles. The molecule has 1 N–H and O–H groups in total. The molecule has 2 unspecified atom stereocenters. The molecule has 0 aromatic heterocycles. The molecule has 2 rings (SSSR count). The van der Waals surface area contributed by atoms with Crippen LogP contribution in [0.25, 0.3) is 0 Å². The zero-order valence-corrected chi connectivity index (χ0v) is 12.4. The maximum Gasteiger partial charge on any atom is 0.0792 e. The molecule has 1 nitrogen and oxygen atoms in total. The summed E-state index contributed by atoms with van der Waals surface area (Å²) in [5, 5.41) is 10.2. The van der Waals surface area contributed by atoms with Gasteiger partial charge in [0.25, 0.3) is 0 Å². The first kappa shape index (κ1) is 14.8. The Morgan fingerprint density at radius 3 is 2.10 bits per heavy atom. The van der Waals surface area contributed by atoms with Crippen molar-refractivity contribution in [3.8, 4) is 0 Å². The van der Waals surface area contributed by atoms with E-state index < -0.39 is 0 Å². The van der Waals surface area contributed by atoms with Gasteiger partial charge in [-0.3, -0.25) is 0 Å². The van der Waals surface area contributed by atoms with E-state index in [9.17, 15) is 5.11 Å². The van der Waals surface area contributed by atoms with Crippen molar-refractivity contribution in [2.75, 3.05) is 0 Å². The minimum atomic E-state index is -0.337. The van der Waals surface area contributed by atoms with Crippen molar-refractivity contribution in [1.82, 2.24) is 0 Å². The third kappa shape index (κ3) is 4.21. The second-order valence-corrected chi connectivity index (χ2v) is 5.67. The van der Waals surface area contributed by atoms with Crippen molar-refractivity contribution in [2.24, 2.45) is 5.92 Å². The quantitative estimate of drug-likeness (QED) is 0.801. The minimum Gasteiger partial charge on any atom is -0.388 e. The molecule has 2 atom stereocenters. The Labute approximate surface area is 122 Å². The maximum atomic E-state index is 10.2. The standard InChI is InChI=1S/C19H24O/c1-3-15(2)13-19(20)18-11-9-17(10-12-18)14-16-7-5-4-6-8-16/h4-12,15,19-20H,3,13-14H2,1-2H3. The largest absolute Gasteiger partial charge is 0.388 e. The zero-order chi connectivity index (χ0) is 14.4. The third-order valence-electron chi connectivity index (χ3n) is 3.94. The fourth-order valence-electron chi connectivity index (χ4n) is 2.37. The highest BCUT2D eigenvalue weighted by Crippen LogP contribution is 2.23. The van der Waals surface area contributed by atoms with Crippen LogP contribution >= 0.6 is 0 Å². The lowest BCUT2D eigenvalue weighted by molar-refractivity contribution is 0.146. The van der Waals surface area contributed by atoms with Gasteiger partial charge in [0.2, 0.25) is 0 Å². The monoisotopic (exact) mass is 268 g/mol. The van der Waals surface area contributed by atoms with Crippen LogP contribution in [0.5, 0.6) is 0 Å². The highest BCUT2D eigenvalue weighted by Gasteiger charge is 2.11. The van der Waals surface area contributed by atoms with E-state index in [-0.39, 0.29) is 6.10 Å². The summed E-state index contributed by atoms with van der Waals surface area (Å²) in [6.45, 7) is 4.35. The molecule has 0 aliphatic heterocycles. The SMILES string of the molecule is CCC(C)CC(O)c1ccc(Cc2ccccc2)cc1. The summed E-state index contributed by atoms with van der Waals surface area (Å²) in [4.78, 5) is 0. The first-order valence-corrected chi connectivity index (χ1v) is 7.50. The number of benzene rings is 2. The maximum absolute atomic E-state index is 10.2. The molecule has 0 amide bonds. The van der Waals surface area contributed by atoms with Gasteiger partial charge >= 0.3 is 0 Å². The molecule has 0 saturated heterocycles. The lowest BCUT2D eigenvalue weighted by Gasteiger charge is -2.15. The highest BCUT2D eigenvalue weighted by atomic mass is 16.3. The highest BCUT2D eigenvalue weighted by molar-refractivity contribution is 5.29. The topological polar surface area (TPSA) is 20.2 Å². The van der Waals surface area contributed by atoms with E-state index in [2.05, 4.69) is 62.4 Å². The molecule has 0 bridgehead atoms. The van der Waals surface area contributed by atoms with Crippen molar-refractivity contribution >= 4 is 0 Å². The molecule has 0 spiro atoms. The van der Waals surface area contributed by atoms with Crippen molar-refractivity contribution < 1.29 is 5.11 Å². The van der Waals surface area contributed by atoms with Crippen LogP contribution in [0.2, 0.25) is 0 Å². The van der Waals surface area contributed by atoms with E-state index in [0.717, 1.165) is 24.8 Å². The second kappa shape index (κ2) is 7.25. The molecule has 1 heteroatoms. The second-order valence-electron chi connectivity index (χ2n) is 5.67. The van der Waals surface area contributed by atoms with Crippen molar-refractivity contribution in [2.45, 2.75) is 39.2 Å². The average molecular weight is 268 g/mol. The number of aliphatic hydroxyl groups excluding tert-OH is 1. The summed E-state index contributed by atoms with van der Waals surface area (Å²) < 4.78 is 0. The van der Waals surface area contributed by atoms with Crippen LogP contribution in [-0.2, 0) is 6.42 Å². The van der Waals surface area contributed by atoms with E-state index in [1.807, 2.05) is 6.07 Å². The lowest BCUT2D eigenvalue weighted by Crippen LogP contribution is -2.03. The molecule has 2 aromatic rings. The van der Waals surface area contributed by atoms with E-state index in [1.54, 1.807) is 0 Å². The molecule has 0 aliphatic rings. The van der Waals surface area contributed by atoms with Gasteiger partial charge in [-0.1, -0.05) is 74.9 Å². The summed E-state index contributed by atoms with van der Waals surface area (Å²) in [6.07, 6.45) is 2.57. The molecule has 106 valence electrons. The lowest BCUT2D eigenvalue weighted by atomic mass is 9.95. The molecule has 2 aromatic carbocycles. The molecular formula is C19H24O. The Bertz CT molecular complexity index is 501. The summed E-state index contributed by atoms with van der Waals surface area (Å²) in [7, 11) is 0. The Morgan fingerprint density at radius 1 is 0.900 bits per heavy atom. The average Bonchev–Trinajstić information content (AvgIpc) is 2.49. The van der Waals surface area contributed by atoms with Crippen molar-refractivity contribution in [3.63, 3.8) is 0 Å². The van der Waals surface area contributed by atoms with Crippen LogP contribution in [0.1, 0.15) is 49.5 Å². The number of hydrogen-bond donors (Lipinski definition) is 1. The summed E-state index contributed by atoms with van der Waals surface area (Å²) >= 11 is 0. The van der Waals surface area contributed by atoms with E-state index in [4.69, 9.17) is 0 Å². The third-order valence-corrected chi connectivity index (χ3v) is 3.94. The van der Waals surface area contributed by atoms with Crippen molar-refractivity contribution in [3.05, 3.63) is 71.3 Å². The summed E-state index contributed by atoms with van der Waals surface area (Å²) in [5.41, 5.74) is 3.64. The van der Waals surface area contributed by atoms with Crippen molar-refractivity contribution in [1.29, 1.82) is 0 Å². The van der Waals surface area contributed by atoms with Crippen LogP contribution in [-0.4, -0.2) is 5.11 Å². The number of rotatable bonds is 6. The molecule has 0 radical (unpaired) electrons. The fourth-order valence-corrected chi connectivity index (χ4v) is 2.37. The summed E-state index contributed by atoms with van der Waals surface area (Å²) in [5.74, 6) is 0.564. The van der Waals surface area contributed by atoms with Gasteiger partial charge in [0.05, 0.1) is 6.10 Å². The van der Waals surface area contributed by atoms with Gasteiger partial charge in [-0.25, -0.2) is 0 Å². The smallest absolute Gasteiger partial charge is 0.0792 e. The summed E-state index contributed by atoms with van der Waals surface area (Å²) in [6, 6.07) is 18.8. The van der Waals surface area contributed by atoms with Crippen LogP contribution in [0.3, 0.4) is 0 Å². The minimum absolute atomic E-state index is 0.337. The van der Waals surface area contributed by atoms with Gasteiger partial charge < -0.3 is 5.11 Å². The van der Waals surface area contributed by atoms with Crippen LogP contribution < -0.4 is 0 Å². The molecule has 0 fully saturated rings. The number of aliphatic hydroxyl groups is 1. The van der Waals surface area contributed by atoms with Crippen LogP contribution in [0, 0.1) is 5.92 Å². The first-order chi connectivity index (χ1) is 9.69. The predicted octanol–water partition coefficient (Wildman–Crippen LogP) is 4.75. The van der Waals surface area contributed by atoms with Crippen LogP contribution in [0.15, 0.2) is 54.6 Å². The van der Waals surface area contributed by atoms with E-state index >= 15 is 0 Å². The first-order valence-electron chi connectivity index (χ1n) is 7.50. The molecule has 20 heavy (non-hydrogen) atoms. The van der Waals surface area contributed by atoms with Gasteiger partial charge in [-0.15, -0.1) is 0 Å². The predicted molar refractivity (Wildman–Crippen MR) is 84.7 cm³/mol. The van der Waals surface area contributed by atoms with E-state index in [1.165, 1.54) is 11.1 Å². The normalized spacial score (nSPS) is 13.9. The molecule has 0 saturated carbocycles. The van der Waals surface area contributed by atoms with Gasteiger partial charge in [0, 0.05) is 0 Å². The Morgan fingerprint density at radius 2 is 1.50 bits per heavy atom. The van der Waals surface area contributed by atoms with E-state index in [0.29, 0.717) is 5.92 Å². The van der Waals surface area contributed by atoms with Gasteiger partial charge in [-0.05, 0) is 35.4 Å². The Hall–Kier alpha value is -1.60.